The lowest BCUT2D eigenvalue weighted by molar-refractivity contribution is -0.142. The summed E-state index contributed by atoms with van der Waals surface area (Å²) in [5.74, 6) is 0.560. The van der Waals surface area contributed by atoms with Crippen molar-refractivity contribution in [1.29, 1.82) is 0 Å². The van der Waals surface area contributed by atoms with Crippen LogP contribution in [-0.2, 0) is 16.1 Å². The van der Waals surface area contributed by atoms with Crippen molar-refractivity contribution in [2.24, 2.45) is 0 Å². The first kappa shape index (κ1) is 15.4. The molecule has 5 heteroatoms. The number of nitrogens with zero attached hydrogens (tertiary/aromatic N) is 2. The molecule has 106 valence electrons. The van der Waals surface area contributed by atoms with Gasteiger partial charge in [0.15, 0.2) is 0 Å². The highest BCUT2D eigenvalue weighted by Crippen LogP contribution is 2.14. The van der Waals surface area contributed by atoms with Gasteiger partial charge >= 0.3 is 5.97 Å². The maximum Gasteiger partial charge on any atom is 0.319 e. The van der Waals surface area contributed by atoms with Gasteiger partial charge in [-0.05, 0) is 19.9 Å². The monoisotopic (exact) mass is 266 g/mol. The van der Waals surface area contributed by atoms with Crippen molar-refractivity contribution in [2.45, 2.75) is 26.8 Å². The molecule has 0 N–H and O–H groups in total. The molecule has 1 aromatic heterocycles. The molecular formula is C14H22N2O3. The van der Waals surface area contributed by atoms with Gasteiger partial charge in [0, 0.05) is 24.4 Å². The van der Waals surface area contributed by atoms with Gasteiger partial charge in [0.1, 0.15) is 5.75 Å². The number of aromatic nitrogens is 1. The van der Waals surface area contributed by atoms with Gasteiger partial charge in [0.25, 0.3) is 0 Å². The molecule has 0 radical (unpaired) electrons. The SMILES string of the molecule is CCCN(CC(=O)OC)Cc1cc(OC)cc(C)n1. The summed E-state index contributed by atoms with van der Waals surface area (Å²) in [5.41, 5.74) is 1.80. The number of aryl methyl sites for hydroxylation is 1. The van der Waals surface area contributed by atoms with Crippen LogP contribution in [0.15, 0.2) is 12.1 Å². The maximum absolute atomic E-state index is 11.4. The second kappa shape index (κ2) is 7.74. The van der Waals surface area contributed by atoms with Crippen LogP contribution in [0.4, 0.5) is 0 Å². The van der Waals surface area contributed by atoms with E-state index in [0.717, 1.165) is 30.1 Å². The fourth-order valence-electron chi connectivity index (χ4n) is 1.91. The summed E-state index contributed by atoms with van der Waals surface area (Å²) in [6, 6.07) is 3.78. The number of methoxy groups -OCH3 is 2. The number of hydrogen-bond acceptors (Lipinski definition) is 5. The average Bonchev–Trinajstić information content (AvgIpc) is 2.38. The van der Waals surface area contributed by atoms with Crippen LogP contribution >= 0.6 is 0 Å². The molecule has 0 saturated heterocycles. The lowest BCUT2D eigenvalue weighted by Crippen LogP contribution is -2.31. The third-order valence-corrected chi connectivity index (χ3v) is 2.72. The topological polar surface area (TPSA) is 51.7 Å². The highest BCUT2D eigenvalue weighted by atomic mass is 16.5. The molecule has 0 aliphatic heterocycles. The van der Waals surface area contributed by atoms with Crippen LogP contribution in [0.5, 0.6) is 5.75 Å². The molecule has 0 fully saturated rings. The summed E-state index contributed by atoms with van der Waals surface area (Å²) >= 11 is 0. The molecular weight excluding hydrogens is 244 g/mol. The summed E-state index contributed by atoms with van der Waals surface area (Å²) in [5, 5.41) is 0. The van der Waals surface area contributed by atoms with E-state index in [1.165, 1.54) is 7.11 Å². The lowest BCUT2D eigenvalue weighted by atomic mass is 10.2. The van der Waals surface area contributed by atoms with Crippen LogP contribution in [0.3, 0.4) is 0 Å². The standard InChI is InChI=1S/C14H22N2O3/c1-5-6-16(10-14(17)19-4)9-12-8-13(18-3)7-11(2)15-12/h7-8H,5-6,9-10H2,1-4H3. The highest BCUT2D eigenvalue weighted by molar-refractivity contribution is 5.71. The van der Waals surface area contributed by atoms with Crippen LogP contribution in [0.2, 0.25) is 0 Å². The Morgan fingerprint density at radius 3 is 2.68 bits per heavy atom. The van der Waals surface area contributed by atoms with Gasteiger partial charge in [0.2, 0.25) is 0 Å². The number of carbonyl (C=O) groups excluding carboxylic acids is 1. The minimum Gasteiger partial charge on any atom is -0.497 e. The fourth-order valence-corrected chi connectivity index (χ4v) is 1.91. The maximum atomic E-state index is 11.4. The number of ether oxygens (including phenoxy) is 2. The lowest BCUT2D eigenvalue weighted by Gasteiger charge is -2.20. The second-order valence-electron chi connectivity index (χ2n) is 4.43. The van der Waals surface area contributed by atoms with Gasteiger partial charge in [-0.3, -0.25) is 14.7 Å². The Balaban J connectivity index is 2.77. The first-order chi connectivity index (χ1) is 9.08. The third kappa shape index (κ3) is 5.26. The molecule has 0 atom stereocenters. The zero-order valence-electron chi connectivity index (χ0n) is 12.1. The summed E-state index contributed by atoms with van der Waals surface area (Å²) < 4.78 is 9.94. The van der Waals surface area contributed by atoms with Gasteiger partial charge in [0.05, 0.1) is 26.5 Å². The van der Waals surface area contributed by atoms with Gasteiger partial charge in [-0.2, -0.15) is 0 Å². The summed E-state index contributed by atoms with van der Waals surface area (Å²) in [7, 11) is 3.04. The van der Waals surface area contributed by atoms with E-state index >= 15 is 0 Å². The zero-order chi connectivity index (χ0) is 14.3. The van der Waals surface area contributed by atoms with Crippen molar-refractivity contribution in [2.75, 3.05) is 27.3 Å². The molecule has 0 unspecified atom stereocenters. The van der Waals surface area contributed by atoms with Crippen molar-refractivity contribution in [3.05, 3.63) is 23.5 Å². The van der Waals surface area contributed by atoms with Crippen molar-refractivity contribution in [1.82, 2.24) is 9.88 Å². The van der Waals surface area contributed by atoms with Crippen molar-refractivity contribution in [3.8, 4) is 5.75 Å². The predicted octanol–water partition coefficient (Wildman–Crippen LogP) is 1.78. The number of carbonyl (C=O) groups is 1. The van der Waals surface area contributed by atoms with Crippen LogP contribution < -0.4 is 4.74 Å². The number of esters is 1. The van der Waals surface area contributed by atoms with Crippen LogP contribution in [0, 0.1) is 6.92 Å². The Bertz CT molecular complexity index is 421. The molecule has 1 rings (SSSR count). The van der Waals surface area contributed by atoms with Crippen molar-refractivity contribution in [3.63, 3.8) is 0 Å². The van der Waals surface area contributed by atoms with E-state index in [1.807, 2.05) is 24.0 Å². The third-order valence-electron chi connectivity index (χ3n) is 2.72. The summed E-state index contributed by atoms with van der Waals surface area (Å²) in [4.78, 5) is 17.9. The van der Waals surface area contributed by atoms with Crippen molar-refractivity contribution < 1.29 is 14.3 Å². The Morgan fingerprint density at radius 2 is 2.11 bits per heavy atom. The van der Waals surface area contributed by atoms with Crippen LogP contribution in [0.1, 0.15) is 24.7 Å². The Labute approximate surface area is 114 Å². The molecule has 0 bridgehead atoms. The van der Waals surface area contributed by atoms with E-state index in [2.05, 4.69) is 11.9 Å². The largest absolute Gasteiger partial charge is 0.497 e. The van der Waals surface area contributed by atoms with E-state index in [9.17, 15) is 4.79 Å². The minimum absolute atomic E-state index is 0.229. The van der Waals surface area contributed by atoms with E-state index in [0.29, 0.717) is 6.54 Å². The minimum atomic E-state index is -0.229. The number of hydrogen-bond donors (Lipinski definition) is 0. The van der Waals surface area contributed by atoms with E-state index in [-0.39, 0.29) is 12.5 Å². The van der Waals surface area contributed by atoms with Gasteiger partial charge < -0.3 is 9.47 Å². The Morgan fingerprint density at radius 1 is 1.37 bits per heavy atom. The summed E-state index contributed by atoms with van der Waals surface area (Å²) in [6.07, 6.45) is 0.972. The number of rotatable bonds is 7. The first-order valence-electron chi connectivity index (χ1n) is 6.39. The van der Waals surface area contributed by atoms with Crippen molar-refractivity contribution >= 4 is 5.97 Å². The molecule has 0 saturated carbocycles. The quantitative estimate of drug-likeness (QED) is 0.704. The smallest absolute Gasteiger partial charge is 0.319 e. The van der Waals surface area contributed by atoms with Crippen LogP contribution in [-0.4, -0.2) is 43.2 Å². The second-order valence-corrected chi connectivity index (χ2v) is 4.43. The Hall–Kier alpha value is -1.62. The van der Waals surface area contributed by atoms with Gasteiger partial charge in [-0.25, -0.2) is 0 Å². The average molecular weight is 266 g/mol. The molecule has 0 aliphatic rings. The van der Waals surface area contributed by atoms with Gasteiger partial charge in [-0.15, -0.1) is 0 Å². The van der Waals surface area contributed by atoms with Gasteiger partial charge in [-0.1, -0.05) is 6.92 Å². The molecule has 0 aliphatic carbocycles. The normalized spacial score (nSPS) is 10.6. The highest BCUT2D eigenvalue weighted by Gasteiger charge is 2.12. The van der Waals surface area contributed by atoms with E-state index in [4.69, 9.17) is 9.47 Å². The summed E-state index contributed by atoms with van der Waals surface area (Å²) in [6.45, 7) is 5.72. The molecule has 1 aromatic rings. The molecule has 0 aromatic carbocycles. The fraction of sp³-hybridized carbons (Fsp3) is 0.571. The van der Waals surface area contributed by atoms with E-state index < -0.39 is 0 Å². The predicted molar refractivity (Wildman–Crippen MR) is 73.1 cm³/mol. The number of pyridine rings is 1. The van der Waals surface area contributed by atoms with E-state index in [1.54, 1.807) is 7.11 Å². The molecule has 1 heterocycles. The molecule has 0 amide bonds. The van der Waals surface area contributed by atoms with Crippen LogP contribution in [0.25, 0.3) is 0 Å². The molecule has 5 nitrogen and oxygen atoms in total. The molecule has 19 heavy (non-hydrogen) atoms. The molecule has 0 spiro atoms. The Kier molecular flexibility index (Phi) is 6.29. The zero-order valence-corrected chi connectivity index (χ0v) is 12.1. The first-order valence-corrected chi connectivity index (χ1v) is 6.39.